The van der Waals surface area contributed by atoms with Crippen molar-refractivity contribution in [3.8, 4) is 0 Å². The van der Waals surface area contributed by atoms with Crippen LogP contribution in [0.5, 0.6) is 0 Å². The Kier molecular flexibility index (Phi) is 4.57. The number of hydrogen-bond donors (Lipinski definition) is 0. The summed E-state index contributed by atoms with van der Waals surface area (Å²) in [6.45, 7) is 2.58. The lowest BCUT2D eigenvalue weighted by atomic mass is 10.1. The van der Waals surface area contributed by atoms with Crippen LogP contribution in [0.4, 0.5) is 0 Å². The summed E-state index contributed by atoms with van der Waals surface area (Å²) in [7, 11) is 0. The summed E-state index contributed by atoms with van der Waals surface area (Å²) in [6.07, 6.45) is 1.53. The van der Waals surface area contributed by atoms with Crippen molar-refractivity contribution < 1.29 is 9.21 Å². The van der Waals surface area contributed by atoms with Crippen molar-refractivity contribution in [1.29, 1.82) is 0 Å². The highest BCUT2D eigenvalue weighted by molar-refractivity contribution is 5.91. The van der Waals surface area contributed by atoms with Gasteiger partial charge < -0.3 is 9.32 Å². The van der Waals surface area contributed by atoms with Gasteiger partial charge in [-0.25, -0.2) is 0 Å². The number of carbonyl (C=O) groups is 1. The third kappa shape index (κ3) is 3.51. The average Bonchev–Trinajstić information content (AvgIpc) is 3.15. The number of nitrogens with zero attached hydrogens (tertiary/aromatic N) is 1. The van der Waals surface area contributed by atoms with E-state index in [0.717, 1.165) is 11.1 Å². The van der Waals surface area contributed by atoms with Crippen molar-refractivity contribution in [3.05, 3.63) is 95.9 Å². The number of rotatable bonds is 5. The monoisotopic (exact) mass is 305 g/mol. The first-order valence-electron chi connectivity index (χ1n) is 7.69. The van der Waals surface area contributed by atoms with E-state index in [1.807, 2.05) is 72.5 Å². The van der Waals surface area contributed by atoms with Crippen molar-refractivity contribution in [2.45, 2.75) is 19.5 Å². The standard InChI is InChI=1S/C20H19NO2/c1-16(18-11-6-3-7-12-18)21(15-17-9-4-2-5-10-17)20(22)19-13-8-14-23-19/h2-14,16H,15H2,1H3/t16-/m0/s1. The third-order valence-electron chi connectivity index (χ3n) is 3.94. The third-order valence-corrected chi connectivity index (χ3v) is 3.94. The van der Waals surface area contributed by atoms with Crippen molar-refractivity contribution in [2.75, 3.05) is 0 Å². The maximum Gasteiger partial charge on any atom is 0.290 e. The minimum Gasteiger partial charge on any atom is -0.459 e. The molecule has 0 N–H and O–H groups in total. The van der Waals surface area contributed by atoms with E-state index >= 15 is 0 Å². The second kappa shape index (κ2) is 6.97. The van der Waals surface area contributed by atoms with Gasteiger partial charge in [-0.3, -0.25) is 4.79 Å². The predicted molar refractivity (Wildman–Crippen MR) is 89.9 cm³/mol. The van der Waals surface area contributed by atoms with Crippen LogP contribution >= 0.6 is 0 Å². The van der Waals surface area contributed by atoms with Crippen LogP contribution in [0.3, 0.4) is 0 Å². The molecule has 1 heterocycles. The van der Waals surface area contributed by atoms with Crippen molar-refractivity contribution in [1.82, 2.24) is 4.90 Å². The molecule has 116 valence electrons. The maximum atomic E-state index is 12.9. The van der Waals surface area contributed by atoms with Crippen molar-refractivity contribution >= 4 is 5.91 Å². The molecule has 0 spiro atoms. The molecular weight excluding hydrogens is 286 g/mol. The molecule has 3 aromatic rings. The second-order valence-electron chi connectivity index (χ2n) is 5.48. The number of furan rings is 1. The molecule has 0 unspecified atom stereocenters. The Hall–Kier alpha value is -2.81. The predicted octanol–water partition coefficient (Wildman–Crippen LogP) is 4.68. The van der Waals surface area contributed by atoms with E-state index in [2.05, 4.69) is 0 Å². The summed E-state index contributed by atoms with van der Waals surface area (Å²) in [5.74, 6) is 0.263. The summed E-state index contributed by atoms with van der Waals surface area (Å²) in [5, 5.41) is 0. The summed E-state index contributed by atoms with van der Waals surface area (Å²) in [4.78, 5) is 14.7. The molecule has 1 atom stereocenters. The van der Waals surface area contributed by atoms with Crippen LogP contribution < -0.4 is 0 Å². The molecule has 2 aromatic carbocycles. The molecule has 0 aliphatic heterocycles. The normalized spacial score (nSPS) is 11.9. The largest absolute Gasteiger partial charge is 0.459 e. The summed E-state index contributed by atoms with van der Waals surface area (Å²) in [6, 6.07) is 23.4. The van der Waals surface area contributed by atoms with E-state index in [1.54, 1.807) is 12.1 Å². The van der Waals surface area contributed by atoms with Crippen LogP contribution in [0.25, 0.3) is 0 Å². The van der Waals surface area contributed by atoms with E-state index in [1.165, 1.54) is 6.26 Å². The molecule has 3 rings (SSSR count). The fourth-order valence-electron chi connectivity index (χ4n) is 2.62. The van der Waals surface area contributed by atoms with E-state index in [0.29, 0.717) is 12.3 Å². The molecule has 0 bridgehead atoms. The SMILES string of the molecule is C[C@@H](c1ccccc1)N(Cc1ccccc1)C(=O)c1ccco1. The Labute approximate surface area is 136 Å². The van der Waals surface area contributed by atoms with E-state index < -0.39 is 0 Å². The molecule has 3 nitrogen and oxygen atoms in total. The minimum atomic E-state index is -0.102. The molecule has 0 fully saturated rings. The van der Waals surface area contributed by atoms with Crippen molar-refractivity contribution in [3.63, 3.8) is 0 Å². The zero-order valence-corrected chi connectivity index (χ0v) is 13.1. The number of carbonyl (C=O) groups excluding carboxylic acids is 1. The van der Waals surface area contributed by atoms with E-state index in [9.17, 15) is 4.79 Å². The Morgan fingerprint density at radius 1 is 0.957 bits per heavy atom. The minimum absolute atomic E-state index is 0.0472. The van der Waals surface area contributed by atoms with Crippen LogP contribution in [0.2, 0.25) is 0 Å². The van der Waals surface area contributed by atoms with Gasteiger partial charge in [-0.1, -0.05) is 60.7 Å². The zero-order chi connectivity index (χ0) is 16.1. The second-order valence-corrected chi connectivity index (χ2v) is 5.48. The van der Waals surface area contributed by atoms with E-state index in [-0.39, 0.29) is 11.9 Å². The highest BCUT2D eigenvalue weighted by Gasteiger charge is 2.24. The molecule has 0 aliphatic carbocycles. The van der Waals surface area contributed by atoms with Crippen LogP contribution in [-0.2, 0) is 6.54 Å². The molecule has 3 heteroatoms. The van der Waals surface area contributed by atoms with Gasteiger partial charge in [0, 0.05) is 6.54 Å². The lowest BCUT2D eigenvalue weighted by Gasteiger charge is -2.29. The fourth-order valence-corrected chi connectivity index (χ4v) is 2.62. The summed E-state index contributed by atoms with van der Waals surface area (Å²) >= 11 is 0. The number of hydrogen-bond acceptors (Lipinski definition) is 2. The molecule has 0 radical (unpaired) electrons. The first-order valence-corrected chi connectivity index (χ1v) is 7.69. The summed E-state index contributed by atoms with van der Waals surface area (Å²) in [5.41, 5.74) is 2.19. The quantitative estimate of drug-likeness (QED) is 0.685. The van der Waals surface area contributed by atoms with Gasteiger partial charge in [0.05, 0.1) is 12.3 Å². The van der Waals surface area contributed by atoms with Gasteiger partial charge in [0.2, 0.25) is 0 Å². The average molecular weight is 305 g/mol. The number of amides is 1. The topological polar surface area (TPSA) is 33.5 Å². The van der Waals surface area contributed by atoms with Gasteiger partial charge in [0.25, 0.3) is 5.91 Å². The molecule has 23 heavy (non-hydrogen) atoms. The first-order chi connectivity index (χ1) is 11.3. The molecule has 0 saturated carbocycles. The summed E-state index contributed by atoms with van der Waals surface area (Å²) < 4.78 is 5.31. The molecular formula is C20H19NO2. The lowest BCUT2D eigenvalue weighted by molar-refractivity contribution is 0.0641. The smallest absolute Gasteiger partial charge is 0.290 e. The first kappa shape index (κ1) is 15.1. The zero-order valence-electron chi connectivity index (χ0n) is 13.1. The fraction of sp³-hybridized carbons (Fsp3) is 0.150. The Morgan fingerprint density at radius 2 is 1.61 bits per heavy atom. The molecule has 1 aromatic heterocycles. The highest BCUT2D eigenvalue weighted by atomic mass is 16.3. The van der Waals surface area contributed by atoms with Gasteiger partial charge in [0.15, 0.2) is 5.76 Å². The molecule has 0 saturated heterocycles. The van der Waals surface area contributed by atoms with Crippen LogP contribution in [0, 0.1) is 0 Å². The van der Waals surface area contributed by atoms with E-state index in [4.69, 9.17) is 4.42 Å². The maximum absolute atomic E-state index is 12.9. The van der Waals surface area contributed by atoms with Crippen molar-refractivity contribution in [2.24, 2.45) is 0 Å². The van der Waals surface area contributed by atoms with Gasteiger partial charge in [0.1, 0.15) is 0 Å². The lowest BCUT2D eigenvalue weighted by Crippen LogP contribution is -2.33. The Bertz CT molecular complexity index is 736. The Morgan fingerprint density at radius 3 is 2.22 bits per heavy atom. The van der Waals surface area contributed by atoms with Gasteiger partial charge in [-0.15, -0.1) is 0 Å². The molecule has 0 aliphatic rings. The van der Waals surface area contributed by atoms with Crippen LogP contribution in [-0.4, -0.2) is 10.8 Å². The van der Waals surface area contributed by atoms with Gasteiger partial charge >= 0.3 is 0 Å². The highest BCUT2D eigenvalue weighted by Crippen LogP contribution is 2.24. The number of benzene rings is 2. The Balaban J connectivity index is 1.91. The molecule has 1 amide bonds. The van der Waals surface area contributed by atoms with Gasteiger partial charge in [-0.2, -0.15) is 0 Å². The van der Waals surface area contributed by atoms with Crippen LogP contribution in [0.1, 0.15) is 34.6 Å². The van der Waals surface area contributed by atoms with Gasteiger partial charge in [-0.05, 0) is 30.2 Å². The van der Waals surface area contributed by atoms with Crippen LogP contribution in [0.15, 0.2) is 83.5 Å².